The highest BCUT2D eigenvalue weighted by Crippen LogP contribution is 2.09. The van der Waals surface area contributed by atoms with Gasteiger partial charge in [-0.1, -0.05) is 0 Å². The second-order valence-electron chi connectivity index (χ2n) is 1.58. The van der Waals surface area contributed by atoms with Crippen LogP contribution in [0.2, 0.25) is 0 Å². The highest BCUT2D eigenvalue weighted by atomic mass is 31.1. The molecule has 0 aromatic rings. The van der Waals surface area contributed by atoms with Crippen LogP contribution in [0.4, 0.5) is 0 Å². The molecule has 0 bridgehead atoms. The second kappa shape index (κ2) is 3.54. The first-order chi connectivity index (χ1) is 4.04. The molecule has 5 heteroatoms. The van der Waals surface area contributed by atoms with Gasteiger partial charge in [-0.3, -0.25) is 9.32 Å². The van der Waals surface area contributed by atoms with Crippen LogP contribution < -0.4 is 0 Å². The third-order valence-electron chi connectivity index (χ3n) is 0.817. The van der Waals surface area contributed by atoms with Gasteiger partial charge in [0.15, 0.2) is 5.78 Å². The number of hydrogen-bond acceptors (Lipinski definition) is 4. The second-order valence-corrected chi connectivity index (χ2v) is 2.24. The van der Waals surface area contributed by atoms with E-state index in [4.69, 9.17) is 0 Å². The Morgan fingerprint density at radius 3 is 2.11 bits per heavy atom. The first kappa shape index (κ1) is 8.53. The van der Waals surface area contributed by atoms with Gasteiger partial charge in [0.05, 0.1) is 0 Å². The molecule has 0 N–H and O–H groups in total. The average Bonchev–Trinajstić information content (AvgIpc) is 1.63. The molecular weight excluding hydrogens is 143 g/mol. The molecule has 52 valence electrons. The number of carbonyl (C=O) groups excluding carboxylic acids is 1. The Morgan fingerprint density at radius 1 is 1.56 bits per heavy atom. The average molecular weight is 150 g/mol. The summed E-state index contributed by atoms with van der Waals surface area (Å²) in [6.45, 7) is 2.65. The first-order valence-electron chi connectivity index (χ1n) is 2.35. The zero-order valence-corrected chi connectivity index (χ0v) is 6.05. The number of Topliss-reactive ketones (excluding diaryl/α,β-unsaturated/α-hetero) is 1. The van der Waals surface area contributed by atoms with Crippen LogP contribution in [-0.4, -0.2) is 11.9 Å². The summed E-state index contributed by atoms with van der Waals surface area (Å²) in [7, 11) is -2.89. The maximum Gasteiger partial charge on any atom is 0.468 e. The molecule has 4 nitrogen and oxygen atoms in total. The Hall–Kier alpha value is -0.470. The van der Waals surface area contributed by atoms with Crippen LogP contribution in [0.15, 0.2) is 0 Å². The van der Waals surface area contributed by atoms with Crippen LogP contribution in [0, 0.1) is 0 Å². The normalized spacial score (nSPS) is 12.7. The predicted molar refractivity (Wildman–Crippen MR) is 29.5 cm³/mol. The van der Waals surface area contributed by atoms with E-state index in [2.05, 4.69) is 4.52 Å². The van der Waals surface area contributed by atoms with Gasteiger partial charge in [0.1, 0.15) is 6.10 Å². The van der Waals surface area contributed by atoms with Crippen molar-refractivity contribution in [3.05, 3.63) is 0 Å². The van der Waals surface area contributed by atoms with Gasteiger partial charge in [0, 0.05) is 0 Å². The van der Waals surface area contributed by atoms with Gasteiger partial charge in [-0.2, -0.15) is 0 Å². The highest BCUT2D eigenvalue weighted by Gasteiger charge is 2.09. The molecule has 0 aromatic heterocycles. The zero-order valence-electron chi connectivity index (χ0n) is 5.16. The van der Waals surface area contributed by atoms with Crippen LogP contribution in [0.3, 0.4) is 0 Å². The summed E-state index contributed by atoms with van der Waals surface area (Å²) in [5, 5.41) is 0. The SMILES string of the molecule is CC(=O)C(C)OP(=O)=O. The highest BCUT2D eigenvalue weighted by molar-refractivity contribution is 7.24. The van der Waals surface area contributed by atoms with Gasteiger partial charge >= 0.3 is 7.91 Å². The van der Waals surface area contributed by atoms with Gasteiger partial charge in [-0.25, -0.2) is 9.13 Å². The van der Waals surface area contributed by atoms with Crippen molar-refractivity contribution < 1.29 is 18.4 Å². The van der Waals surface area contributed by atoms with Gasteiger partial charge < -0.3 is 0 Å². The van der Waals surface area contributed by atoms with Crippen molar-refractivity contribution in [3.8, 4) is 0 Å². The minimum absolute atomic E-state index is 0.297. The molecule has 0 spiro atoms. The zero-order chi connectivity index (χ0) is 7.44. The maximum atomic E-state index is 10.3. The Bertz CT molecular complexity index is 163. The van der Waals surface area contributed by atoms with Crippen molar-refractivity contribution >= 4 is 13.7 Å². The summed E-state index contributed by atoms with van der Waals surface area (Å²) in [6, 6.07) is 0. The quantitative estimate of drug-likeness (QED) is 0.564. The molecule has 0 amide bonds. The molecule has 0 rings (SSSR count). The fraction of sp³-hybridized carbons (Fsp3) is 0.750. The summed E-state index contributed by atoms with van der Waals surface area (Å²) in [4.78, 5) is 10.3. The van der Waals surface area contributed by atoms with Crippen LogP contribution in [0.25, 0.3) is 0 Å². The van der Waals surface area contributed by atoms with E-state index < -0.39 is 14.0 Å². The summed E-state index contributed by atoms with van der Waals surface area (Å²) in [6.07, 6.45) is -0.842. The molecule has 0 radical (unpaired) electrons. The van der Waals surface area contributed by atoms with Crippen molar-refractivity contribution in [3.63, 3.8) is 0 Å². The fourth-order valence-corrected chi connectivity index (χ4v) is 0.610. The molecule has 0 fully saturated rings. The van der Waals surface area contributed by atoms with Crippen LogP contribution in [0.1, 0.15) is 13.8 Å². The number of ketones is 1. The van der Waals surface area contributed by atoms with Crippen molar-refractivity contribution in [2.45, 2.75) is 20.0 Å². The van der Waals surface area contributed by atoms with E-state index in [0.29, 0.717) is 0 Å². The maximum absolute atomic E-state index is 10.3. The topological polar surface area (TPSA) is 60.4 Å². The van der Waals surface area contributed by atoms with E-state index in [9.17, 15) is 13.9 Å². The lowest BCUT2D eigenvalue weighted by Crippen LogP contribution is -2.12. The fourth-order valence-electron chi connectivity index (χ4n) is 0.203. The van der Waals surface area contributed by atoms with Gasteiger partial charge in [0.2, 0.25) is 0 Å². The lowest BCUT2D eigenvalue weighted by atomic mass is 10.3. The van der Waals surface area contributed by atoms with Crippen LogP contribution in [0.5, 0.6) is 0 Å². The van der Waals surface area contributed by atoms with E-state index in [1.807, 2.05) is 0 Å². The third kappa shape index (κ3) is 4.06. The molecule has 9 heavy (non-hydrogen) atoms. The molecule has 1 unspecified atom stereocenters. The minimum atomic E-state index is -2.89. The van der Waals surface area contributed by atoms with Crippen molar-refractivity contribution in [1.82, 2.24) is 0 Å². The lowest BCUT2D eigenvalue weighted by Gasteiger charge is -1.98. The minimum Gasteiger partial charge on any atom is -0.297 e. The molecule has 0 saturated heterocycles. The third-order valence-corrected chi connectivity index (χ3v) is 1.31. The molecule has 0 aliphatic heterocycles. The van der Waals surface area contributed by atoms with E-state index in [-0.39, 0.29) is 5.78 Å². The Balaban J connectivity index is 3.77. The van der Waals surface area contributed by atoms with E-state index in [1.165, 1.54) is 13.8 Å². The lowest BCUT2D eigenvalue weighted by molar-refractivity contribution is -0.122. The summed E-state index contributed by atoms with van der Waals surface area (Å²) in [5.74, 6) is -0.297. The predicted octanol–water partition coefficient (Wildman–Crippen LogP) is 1.07. The molecule has 0 saturated carbocycles. The summed E-state index contributed by atoms with van der Waals surface area (Å²) < 4.78 is 23.7. The number of hydrogen-bond donors (Lipinski definition) is 0. The molecular formula is C4H7O4P. The molecule has 0 heterocycles. The van der Waals surface area contributed by atoms with E-state index in [0.717, 1.165) is 0 Å². The molecule has 1 atom stereocenters. The number of rotatable bonds is 3. The van der Waals surface area contributed by atoms with Crippen LogP contribution in [-0.2, 0) is 18.4 Å². The Kier molecular flexibility index (Phi) is 3.35. The smallest absolute Gasteiger partial charge is 0.297 e. The summed E-state index contributed by atoms with van der Waals surface area (Å²) in [5.41, 5.74) is 0. The van der Waals surface area contributed by atoms with Gasteiger partial charge in [0.25, 0.3) is 0 Å². The van der Waals surface area contributed by atoms with Gasteiger partial charge in [-0.05, 0) is 13.8 Å². The van der Waals surface area contributed by atoms with Crippen LogP contribution >= 0.6 is 7.91 Å². The Labute approximate surface area is 53.1 Å². The summed E-state index contributed by atoms with van der Waals surface area (Å²) >= 11 is 0. The largest absolute Gasteiger partial charge is 0.468 e. The molecule has 0 aromatic carbocycles. The van der Waals surface area contributed by atoms with Crippen molar-refractivity contribution in [2.24, 2.45) is 0 Å². The van der Waals surface area contributed by atoms with Crippen molar-refractivity contribution in [1.29, 1.82) is 0 Å². The first-order valence-corrected chi connectivity index (χ1v) is 3.45. The Morgan fingerprint density at radius 2 is 2.00 bits per heavy atom. The molecule has 0 aliphatic rings. The van der Waals surface area contributed by atoms with E-state index >= 15 is 0 Å². The van der Waals surface area contributed by atoms with E-state index in [1.54, 1.807) is 0 Å². The monoisotopic (exact) mass is 150 g/mol. The molecule has 0 aliphatic carbocycles. The van der Waals surface area contributed by atoms with Crippen molar-refractivity contribution in [2.75, 3.05) is 0 Å². The van der Waals surface area contributed by atoms with Gasteiger partial charge in [-0.15, -0.1) is 0 Å². The number of carbonyl (C=O) groups is 1. The standard InChI is InChI=1S/C4H7O4P/c1-3(5)4(2)8-9(6)7/h4H,1-2H3.